The molecule has 220 valence electrons. The van der Waals surface area contributed by atoms with Crippen molar-refractivity contribution in [2.45, 2.75) is 31.8 Å². The molecular weight excluding hydrogens is 526 g/mol. The lowest BCUT2D eigenvalue weighted by molar-refractivity contribution is -0.137. The van der Waals surface area contributed by atoms with Crippen LogP contribution in [0.2, 0.25) is 0 Å². The Balaban J connectivity index is 1.13. The zero-order valence-electron chi connectivity index (χ0n) is 23.5. The molecule has 1 saturated carbocycles. The first kappa shape index (κ1) is 28.7. The van der Waals surface area contributed by atoms with Crippen molar-refractivity contribution in [1.82, 2.24) is 24.3 Å². The summed E-state index contributed by atoms with van der Waals surface area (Å²) in [6.07, 6.45) is 1.94. The lowest BCUT2D eigenvalue weighted by atomic mass is 10.0. The van der Waals surface area contributed by atoms with Crippen molar-refractivity contribution < 1.29 is 14.4 Å². The van der Waals surface area contributed by atoms with Gasteiger partial charge in [-0.2, -0.15) is 4.98 Å². The summed E-state index contributed by atoms with van der Waals surface area (Å²) in [5.41, 5.74) is 17.9. The fraction of sp³-hybridized carbons (Fsp3) is 0.536. The maximum atomic E-state index is 12.8. The number of urea groups is 1. The Morgan fingerprint density at radius 3 is 2.17 bits per heavy atom. The summed E-state index contributed by atoms with van der Waals surface area (Å²) in [6.45, 7) is 6.94. The Kier molecular flexibility index (Phi) is 7.86. The second-order valence-electron chi connectivity index (χ2n) is 11.8. The number of carbonyl (C=O) groups is 3. The summed E-state index contributed by atoms with van der Waals surface area (Å²) >= 11 is 0. The van der Waals surface area contributed by atoms with Gasteiger partial charge in [0.2, 0.25) is 11.8 Å². The number of fused-ring (bicyclic) bond motifs is 1. The van der Waals surface area contributed by atoms with Gasteiger partial charge >= 0.3 is 11.7 Å². The monoisotopic (exact) mass is 565 g/mol. The molecule has 3 fully saturated rings. The highest BCUT2D eigenvalue weighted by molar-refractivity contribution is 5.89. The minimum absolute atomic E-state index is 0.0371. The molecule has 1 aromatic carbocycles. The Morgan fingerprint density at radius 1 is 1.00 bits per heavy atom. The van der Waals surface area contributed by atoms with Gasteiger partial charge in [-0.05, 0) is 68.3 Å². The quantitative estimate of drug-likeness (QED) is 0.335. The summed E-state index contributed by atoms with van der Waals surface area (Å²) in [6, 6.07) is 7.75. The van der Waals surface area contributed by atoms with Crippen molar-refractivity contribution in [2.24, 2.45) is 35.0 Å². The first-order valence-electron chi connectivity index (χ1n) is 14.0. The molecule has 1 aromatic heterocycles. The zero-order valence-corrected chi connectivity index (χ0v) is 23.5. The minimum Gasteiger partial charge on any atom is -0.341 e. The number of hydrogen-bond donors (Lipinski definition) is 4. The van der Waals surface area contributed by atoms with Gasteiger partial charge in [0.1, 0.15) is 5.82 Å². The Labute approximate surface area is 238 Å². The van der Waals surface area contributed by atoms with E-state index in [-0.39, 0.29) is 17.6 Å². The number of rotatable bonds is 7. The van der Waals surface area contributed by atoms with E-state index < -0.39 is 23.3 Å². The van der Waals surface area contributed by atoms with Gasteiger partial charge in [0.05, 0.1) is 17.3 Å². The Bertz CT molecular complexity index is 1350. The second-order valence-corrected chi connectivity index (χ2v) is 11.8. The molecule has 13 nitrogen and oxygen atoms in total. The molecule has 7 N–H and O–H groups in total. The number of benzene rings is 1. The highest BCUT2D eigenvalue weighted by atomic mass is 16.2. The number of nitrogens with one attached hydrogen (secondary N) is 1. The van der Waals surface area contributed by atoms with E-state index in [9.17, 15) is 19.2 Å². The molecular formula is C28H39N9O4. The third-order valence-corrected chi connectivity index (χ3v) is 8.39. The van der Waals surface area contributed by atoms with Crippen LogP contribution < -0.4 is 28.2 Å². The topological polar surface area (TPSA) is 186 Å². The van der Waals surface area contributed by atoms with E-state index in [2.05, 4.69) is 10.3 Å². The maximum absolute atomic E-state index is 12.8. The number of amides is 4. The van der Waals surface area contributed by atoms with Crippen LogP contribution in [0, 0.1) is 17.8 Å². The standard InChI is InChI=1S/C28H39N9O4/c1-28(2,31)25(39)34-9-11-35(12-10-34)26(40)32-23-7-8-37(27(41)33-23)18-5-3-17(4-6-18)13-22(30)24(38)36-15-20-19(14-29)21(20)16-36/h3-8,19-22H,9-16,29-31H2,1-2H3,(H,32,33,40,41)/t19?,20-,21+,22-/m0/s1. The third-order valence-electron chi connectivity index (χ3n) is 8.39. The van der Waals surface area contributed by atoms with Crippen LogP contribution in [0.4, 0.5) is 10.6 Å². The summed E-state index contributed by atoms with van der Waals surface area (Å²) in [4.78, 5) is 59.7. The number of carbonyl (C=O) groups excluding carboxylic acids is 3. The number of piperidine rings is 1. The Morgan fingerprint density at radius 2 is 1.61 bits per heavy atom. The number of nitrogens with two attached hydrogens (primary N) is 3. The second kappa shape index (κ2) is 11.2. The lowest BCUT2D eigenvalue weighted by Crippen LogP contribution is -2.58. The van der Waals surface area contributed by atoms with Gasteiger partial charge in [-0.3, -0.25) is 19.5 Å². The summed E-state index contributed by atoms with van der Waals surface area (Å²) < 4.78 is 1.37. The van der Waals surface area contributed by atoms with Crippen LogP contribution >= 0.6 is 0 Å². The molecule has 0 radical (unpaired) electrons. The van der Waals surface area contributed by atoms with Gasteiger partial charge in [0, 0.05) is 45.5 Å². The highest BCUT2D eigenvalue weighted by Gasteiger charge is 2.55. The number of hydrogen-bond acceptors (Lipinski definition) is 8. The average molecular weight is 566 g/mol. The van der Waals surface area contributed by atoms with Crippen molar-refractivity contribution in [3.8, 4) is 5.69 Å². The fourth-order valence-electron chi connectivity index (χ4n) is 5.93. The molecule has 4 atom stereocenters. The number of aromatic nitrogens is 2. The largest absolute Gasteiger partial charge is 0.354 e. The van der Waals surface area contributed by atoms with Gasteiger partial charge in [-0.1, -0.05) is 12.1 Å². The predicted octanol–water partition coefficient (Wildman–Crippen LogP) is -0.821. The molecule has 1 unspecified atom stereocenters. The van der Waals surface area contributed by atoms with Crippen molar-refractivity contribution >= 4 is 23.7 Å². The van der Waals surface area contributed by atoms with E-state index in [1.54, 1.807) is 48.0 Å². The van der Waals surface area contributed by atoms with E-state index in [0.29, 0.717) is 62.6 Å². The molecule has 5 rings (SSSR count). The van der Waals surface area contributed by atoms with Gasteiger partial charge in [0.25, 0.3) is 0 Å². The van der Waals surface area contributed by atoms with Crippen LogP contribution in [0.1, 0.15) is 19.4 Å². The Hall–Kier alpha value is -3.81. The first-order chi connectivity index (χ1) is 19.5. The number of piperazine rings is 1. The molecule has 13 heteroatoms. The fourth-order valence-corrected chi connectivity index (χ4v) is 5.93. The summed E-state index contributed by atoms with van der Waals surface area (Å²) in [5, 5.41) is 2.66. The summed E-state index contributed by atoms with van der Waals surface area (Å²) in [5.74, 6) is 1.54. The molecule has 3 heterocycles. The van der Waals surface area contributed by atoms with E-state index in [4.69, 9.17) is 17.2 Å². The van der Waals surface area contributed by atoms with Gasteiger partial charge in [-0.25, -0.2) is 9.59 Å². The highest BCUT2D eigenvalue weighted by Crippen LogP contribution is 2.50. The van der Waals surface area contributed by atoms with Crippen molar-refractivity contribution in [2.75, 3.05) is 51.1 Å². The van der Waals surface area contributed by atoms with Crippen LogP contribution in [0.25, 0.3) is 5.69 Å². The van der Waals surface area contributed by atoms with Gasteiger partial charge in [-0.15, -0.1) is 0 Å². The molecule has 0 spiro atoms. The zero-order chi connectivity index (χ0) is 29.5. The van der Waals surface area contributed by atoms with Crippen molar-refractivity contribution in [1.29, 1.82) is 0 Å². The average Bonchev–Trinajstić information content (AvgIpc) is 3.42. The predicted molar refractivity (Wildman–Crippen MR) is 153 cm³/mol. The van der Waals surface area contributed by atoms with Crippen molar-refractivity contribution in [3.63, 3.8) is 0 Å². The SMILES string of the molecule is CC(C)(N)C(=O)N1CCN(C(=O)Nc2ccn(-c3ccc(C[C@H](N)C(=O)N4C[C@@H]5C(CN)[C@@H]5C4)cc3)c(=O)n2)CC1. The number of nitrogens with zero attached hydrogens (tertiary/aromatic N) is 5. The van der Waals surface area contributed by atoms with Crippen LogP contribution in [0.3, 0.4) is 0 Å². The molecule has 3 aliphatic rings. The molecule has 2 aromatic rings. The maximum Gasteiger partial charge on any atom is 0.354 e. The van der Waals surface area contributed by atoms with E-state index in [1.165, 1.54) is 4.57 Å². The molecule has 0 bridgehead atoms. The van der Waals surface area contributed by atoms with Crippen LogP contribution in [0.15, 0.2) is 41.3 Å². The van der Waals surface area contributed by atoms with Crippen molar-refractivity contribution in [3.05, 3.63) is 52.6 Å². The molecule has 2 aliphatic heterocycles. The first-order valence-corrected chi connectivity index (χ1v) is 14.0. The normalized spacial score (nSPS) is 22.8. The lowest BCUT2D eigenvalue weighted by Gasteiger charge is -2.37. The van der Waals surface area contributed by atoms with Gasteiger partial charge in [0.15, 0.2) is 0 Å². The van der Waals surface area contributed by atoms with E-state index in [0.717, 1.165) is 18.7 Å². The molecule has 1 aliphatic carbocycles. The van der Waals surface area contributed by atoms with Gasteiger partial charge < -0.3 is 31.9 Å². The van der Waals surface area contributed by atoms with Crippen LogP contribution in [-0.4, -0.2) is 99.5 Å². The summed E-state index contributed by atoms with van der Waals surface area (Å²) in [7, 11) is 0. The minimum atomic E-state index is -0.965. The van der Waals surface area contributed by atoms with E-state index in [1.807, 2.05) is 17.0 Å². The smallest absolute Gasteiger partial charge is 0.341 e. The number of anilines is 1. The third kappa shape index (κ3) is 6.11. The molecule has 41 heavy (non-hydrogen) atoms. The van der Waals surface area contributed by atoms with E-state index >= 15 is 0 Å². The molecule has 2 saturated heterocycles. The number of likely N-dealkylation sites (tertiary alicyclic amines) is 1. The van der Waals surface area contributed by atoms with Crippen LogP contribution in [0.5, 0.6) is 0 Å². The van der Waals surface area contributed by atoms with Crippen LogP contribution in [-0.2, 0) is 16.0 Å². The molecule has 4 amide bonds.